The van der Waals surface area contributed by atoms with E-state index in [2.05, 4.69) is 254 Å². The molecule has 0 bridgehead atoms. The van der Waals surface area contributed by atoms with E-state index >= 15 is 0 Å². The Labute approximate surface area is 357 Å². The van der Waals surface area contributed by atoms with Gasteiger partial charge in [0, 0.05) is 17.1 Å². The molecular formula is C60H41N. The Balaban J connectivity index is 0.968. The van der Waals surface area contributed by atoms with E-state index in [0.717, 1.165) is 17.1 Å². The van der Waals surface area contributed by atoms with Crippen molar-refractivity contribution >= 4 is 49.4 Å². The quantitative estimate of drug-likeness (QED) is 0.149. The molecule has 0 fully saturated rings. The highest BCUT2D eigenvalue weighted by Gasteiger charge is 2.17. The van der Waals surface area contributed by atoms with Crippen LogP contribution in [0.4, 0.5) is 17.1 Å². The zero-order chi connectivity index (χ0) is 40.5. The Morgan fingerprint density at radius 2 is 0.557 bits per heavy atom. The van der Waals surface area contributed by atoms with Crippen molar-refractivity contribution in [2.75, 3.05) is 4.90 Å². The van der Waals surface area contributed by atoms with Gasteiger partial charge in [0.25, 0.3) is 0 Å². The molecule has 0 spiro atoms. The highest BCUT2D eigenvalue weighted by Crippen LogP contribution is 2.42. The fourth-order valence-electron chi connectivity index (χ4n) is 9.05. The summed E-state index contributed by atoms with van der Waals surface area (Å²) < 4.78 is 0. The summed E-state index contributed by atoms with van der Waals surface area (Å²) in [5.74, 6) is 0. The lowest BCUT2D eigenvalue weighted by Crippen LogP contribution is -2.09. The van der Waals surface area contributed by atoms with Gasteiger partial charge in [-0.15, -0.1) is 0 Å². The molecule has 0 heterocycles. The fourth-order valence-corrected chi connectivity index (χ4v) is 9.05. The normalized spacial score (nSPS) is 11.3. The van der Waals surface area contributed by atoms with Crippen LogP contribution in [-0.4, -0.2) is 0 Å². The Kier molecular flexibility index (Phi) is 9.26. The van der Waals surface area contributed by atoms with Gasteiger partial charge in [-0.2, -0.15) is 0 Å². The molecule has 0 atom stereocenters. The summed E-state index contributed by atoms with van der Waals surface area (Å²) in [6, 6.07) is 90.3. The minimum absolute atomic E-state index is 1.09. The summed E-state index contributed by atoms with van der Waals surface area (Å²) in [4.78, 5) is 2.36. The van der Waals surface area contributed by atoms with E-state index in [9.17, 15) is 0 Å². The van der Waals surface area contributed by atoms with Crippen LogP contribution in [0.15, 0.2) is 249 Å². The van der Waals surface area contributed by atoms with E-state index in [1.807, 2.05) is 0 Å². The van der Waals surface area contributed by atoms with Gasteiger partial charge >= 0.3 is 0 Å². The van der Waals surface area contributed by atoms with Crippen LogP contribution in [0.2, 0.25) is 0 Å². The standard InChI is InChI=1S/C60H41N/c1-2-15-50(16-3-1)60-58-21-9-6-14-46(58)34-41-59(60)49-32-39-53(40-33-49)61(52-37-30-48(31-38-52)57-23-11-18-45-13-5-8-20-55(45)57)51-35-28-43(29-36-51)42-24-26-47(27-25-42)56-22-10-17-44-12-4-7-19-54(44)56/h1-41H. The summed E-state index contributed by atoms with van der Waals surface area (Å²) in [5.41, 5.74) is 15.4. The first-order valence-corrected chi connectivity index (χ1v) is 21.0. The molecule has 11 aromatic carbocycles. The molecule has 0 amide bonds. The third-order valence-electron chi connectivity index (χ3n) is 12.1. The molecule has 61 heavy (non-hydrogen) atoms. The third kappa shape index (κ3) is 6.83. The van der Waals surface area contributed by atoms with Gasteiger partial charge < -0.3 is 4.90 Å². The Hall–Kier alpha value is -8.00. The number of benzene rings is 11. The van der Waals surface area contributed by atoms with Crippen LogP contribution in [0.3, 0.4) is 0 Å². The number of fused-ring (bicyclic) bond motifs is 3. The highest BCUT2D eigenvalue weighted by molar-refractivity contribution is 6.04. The number of hydrogen-bond acceptors (Lipinski definition) is 1. The van der Waals surface area contributed by atoms with E-state index in [1.165, 1.54) is 88.0 Å². The fraction of sp³-hybridized carbons (Fsp3) is 0. The first-order chi connectivity index (χ1) is 30.2. The van der Waals surface area contributed by atoms with Gasteiger partial charge in [-0.1, -0.05) is 212 Å². The lowest BCUT2D eigenvalue weighted by Gasteiger charge is -2.26. The molecule has 0 aromatic heterocycles. The van der Waals surface area contributed by atoms with Crippen molar-refractivity contribution in [2.24, 2.45) is 0 Å². The molecule has 0 aliphatic rings. The molecule has 11 aromatic rings. The summed E-state index contributed by atoms with van der Waals surface area (Å²) in [6.45, 7) is 0. The van der Waals surface area contributed by atoms with Crippen molar-refractivity contribution in [3.05, 3.63) is 249 Å². The van der Waals surface area contributed by atoms with Crippen LogP contribution in [0.25, 0.3) is 88.0 Å². The first-order valence-electron chi connectivity index (χ1n) is 21.0. The zero-order valence-corrected chi connectivity index (χ0v) is 33.6. The Bertz CT molecular complexity index is 3300. The van der Waals surface area contributed by atoms with Crippen molar-refractivity contribution in [3.8, 4) is 55.6 Å². The topological polar surface area (TPSA) is 3.24 Å². The van der Waals surface area contributed by atoms with Crippen LogP contribution in [0, 0.1) is 0 Å². The summed E-state index contributed by atoms with van der Waals surface area (Å²) in [7, 11) is 0. The summed E-state index contributed by atoms with van der Waals surface area (Å²) >= 11 is 0. The second-order valence-corrected chi connectivity index (χ2v) is 15.7. The van der Waals surface area contributed by atoms with Gasteiger partial charge in [-0.25, -0.2) is 0 Å². The van der Waals surface area contributed by atoms with Crippen LogP contribution < -0.4 is 4.90 Å². The van der Waals surface area contributed by atoms with E-state index in [4.69, 9.17) is 0 Å². The lowest BCUT2D eigenvalue weighted by molar-refractivity contribution is 1.28. The SMILES string of the molecule is c1ccc(-c2c(-c3ccc(N(c4ccc(-c5ccc(-c6cccc7ccccc67)cc5)cc4)c4ccc(-c5cccc6ccccc56)cc4)cc3)ccc3ccccc23)cc1. The predicted octanol–water partition coefficient (Wildman–Crippen LogP) is 17.0. The molecule has 1 heteroatoms. The lowest BCUT2D eigenvalue weighted by atomic mass is 9.90. The highest BCUT2D eigenvalue weighted by atomic mass is 15.1. The maximum absolute atomic E-state index is 2.36. The predicted molar refractivity (Wildman–Crippen MR) is 261 cm³/mol. The van der Waals surface area contributed by atoms with Crippen LogP contribution in [0.5, 0.6) is 0 Å². The number of nitrogens with zero attached hydrogens (tertiary/aromatic N) is 1. The van der Waals surface area contributed by atoms with Crippen molar-refractivity contribution in [3.63, 3.8) is 0 Å². The van der Waals surface area contributed by atoms with Gasteiger partial charge in [0.1, 0.15) is 0 Å². The van der Waals surface area contributed by atoms with E-state index < -0.39 is 0 Å². The molecular weight excluding hydrogens is 735 g/mol. The van der Waals surface area contributed by atoms with E-state index in [0.29, 0.717) is 0 Å². The van der Waals surface area contributed by atoms with Crippen LogP contribution >= 0.6 is 0 Å². The Morgan fingerprint density at radius 3 is 1.07 bits per heavy atom. The second-order valence-electron chi connectivity index (χ2n) is 15.7. The van der Waals surface area contributed by atoms with E-state index in [-0.39, 0.29) is 0 Å². The number of hydrogen-bond donors (Lipinski definition) is 0. The average molecular weight is 776 g/mol. The number of rotatable bonds is 8. The maximum atomic E-state index is 2.36. The smallest absolute Gasteiger partial charge is 0.0462 e. The zero-order valence-electron chi connectivity index (χ0n) is 33.6. The average Bonchev–Trinajstić information content (AvgIpc) is 3.34. The molecule has 0 unspecified atom stereocenters. The largest absolute Gasteiger partial charge is 0.311 e. The van der Waals surface area contributed by atoms with Gasteiger partial charge in [-0.3, -0.25) is 0 Å². The third-order valence-corrected chi connectivity index (χ3v) is 12.1. The molecule has 286 valence electrons. The van der Waals surface area contributed by atoms with E-state index in [1.54, 1.807) is 0 Å². The second kappa shape index (κ2) is 15.6. The summed E-state index contributed by atoms with van der Waals surface area (Å²) in [5, 5.41) is 7.53. The molecule has 11 rings (SSSR count). The van der Waals surface area contributed by atoms with Crippen molar-refractivity contribution in [1.82, 2.24) is 0 Å². The minimum atomic E-state index is 1.09. The van der Waals surface area contributed by atoms with Crippen molar-refractivity contribution < 1.29 is 0 Å². The van der Waals surface area contributed by atoms with Gasteiger partial charge in [0.2, 0.25) is 0 Å². The first kappa shape index (κ1) is 36.1. The van der Waals surface area contributed by atoms with Crippen LogP contribution in [-0.2, 0) is 0 Å². The molecule has 0 saturated carbocycles. The maximum Gasteiger partial charge on any atom is 0.0462 e. The van der Waals surface area contributed by atoms with Crippen LogP contribution in [0.1, 0.15) is 0 Å². The van der Waals surface area contributed by atoms with Crippen molar-refractivity contribution in [1.29, 1.82) is 0 Å². The summed E-state index contributed by atoms with van der Waals surface area (Å²) in [6.07, 6.45) is 0. The monoisotopic (exact) mass is 775 g/mol. The van der Waals surface area contributed by atoms with Gasteiger partial charge in [0.05, 0.1) is 0 Å². The molecule has 0 saturated heterocycles. The molecule has 0 aliphatic heterocycles. The Morgan fingerprint density at radius 1 is 0.197 bits per heavy atom. The molecule has 0 radical (unpaired) electrons. The molecule has 0 N–H and O–H groups in total. The van der Waals surface area contributed by atoms with Crippen molar-refractivity contribution in [2.45, 2.75) is 0 Å². The van der Waals surface area contributed by atoms with Gasteiger partial charge in [0.15, 0.2) is 0 Å². The van der Waals surface area contributed by atoms with Gasteiger partial charge in [-0.05, 0) is 124 Å². The minimum Gasteiger partial charge on any atom is -0.311 e. The number of anilines is 3. The molecule has 1 nitrogen and oxygen atoms in total. The molecule has 0 aliphatic carbocycles.